The first-order valence-corrected chi connectivity index (χ1v) is 6.71. The number of rotatable bonds is 3. The maximum atomic E-state index is 6.09. The highest BCUT2D eigenvalue weighted by atomic mass is 16.5. The molecule has 0 aliphatic heterocycles. The van der Waals surface area contributed by atoms with E-state index in [1.165, 1.54) is 0 Å². The highest BCUT2D eigenvalue weighted by Crippen LogP contribution is 2.38. The molecule has 0 bridgehead atoms. The van der Waals surface area contributed by atoms with Gasteiger partial charge < -0.3 is 16.2 Å². The highest BCUT2D eigenvalue weighted by molar-refractivity contribution is 5.78. The molecular formula is C18H16N2O. The topological polar surface area (TPSA) is 61.3 Å². The van der Waals surface area contributed by atoms with Crippen LogP contribution in [0.3, 0.4) is 0 Å². The Morgan fingerprint density at radius 1 is 0.667 bits per heavy atom. The first-order chi connectivity index (χ1) is 10.2. The number of nitrogen functional groups attached to an aromatic ring is 2. The monoisotopic (exact) mass is 276 g/mol. The molecule has 0 spiro atoms. The minimum absolute atomic E-state index is 0.605. The lowest BCUT2D eigenvalue weighted by Gasteiger charge is -2.14. The maximum absolute atomic E-state index is 6.09. The molecule has 0 heterocycles. The van der Waals surface area contributed by atoms with Crippen LogP contribution in [0.4, 0.5) is 11.4 Å². The van der Waals surface area contributed by atoms with Crippen molar-refractivity contribution in [1.82, 2.24) is 0 Å². The Labute approximate surface area is 123 Å². The lowest BCUT2D eigenvalue weighted by atomic mass is 10.0. The van der Waals surface area contributed by atoms with E-state index in [-0.39, 0.29) is 0 Å². The zero-order valence-corrected chi connectivity index (χ0v) is 11.5. The van der Waals surface area contributed by atoms with Crippen LogP contribution in [0.1, 0.15) is 0 Å². The van der Waals surface area contributed by atoms with Crippen molar-refractivity contribution in [2.45, 2.75) is 0 Å². The van der Waals surface area contributed by atoms with Gasteiger partial charge in [-0.2, -0.15) is 0 Å². The van der Waals surface area contributed by atoms with E-state index in [0.29, 0.717) is 11.4 Å². The molecule has 0 aromatic heterocycles. The first kappa shape index (κ1) is 13.1. The van der Waals surface area contributed by atoms with Crippen LogP contribution in [0, 0.1) is 0 Å². The number of hydrogen-bond acceptors (Lipinski definition) is 3. The van der Waals surface area contributed by atoms with Gasteiger partial charge in [-0.1, -0.05) is 42.5 Å². The van der Waals surface area contributed by atoms with Crippen molar-refractivity contribution in [2.24, 2.45) is 0 Å². The van der Waals surface area contributed by atoms with E-state index in [1.807, 2.05) is 72.8 Å². The fraction of sp³-hybridized carbons (Fsp3) is 0. The van der Waals surface area contributed by atoms with Crippen molar-refractivity contribution >= 4 is 11.4 Å². The van der Waals surface area contributed by atoms with Crippen molar-refractivity contribution < 1.29 is 4.74 Å². The largest absolute Gasteiger partial charge is 0.455 e. The average Bonchev–Trinajstić information content (AvgIpc) is 2.51. The summed E-state index contributed by atoms with van der Waals surface area (Å²) in [5.41, 5.74) is 15.1. The van der Waals surface area contributed by atoms with Crippen molar-refractivity contribution in [3.8, 4) is 22.6 Å². The number of benzene rings is 3. The normalized spacial score (nSPS) is 10.3. The molecule has 3 aromatic rings. The third-order valence-electron chi connectivity index (χ3n) is 3.23. The number of ether oxygens (including phenoxy) is 1. The summed E-state index contributed by atoms with van der Waals surface area (Å²) in [5.74, 6) is 1.42. The fourth-order valence-corrected chi connectivity index (χ4v) is 2.17. The summed E-state index contributed by atoms with van der Waals surface area (Å²) in [5, 5.41) is 0. The van der Waals surface area contributed by atoms with Crippen LogP contribution in [0.5, 0.6) is 11.5 Å². The van der Waals surface area contributed by atoms with E-state index >= 15 is 0 Å². The van der Waals surface area contributed by atoms with Crippen molar-refractivity contribution in [3.63, 3.8) is 0 Å². The molecule has 4 N–H and O–H groups in total. The van der Waals surface area contributed by atoms with Gasteiger partial charge in [0.15, 0.2) is 5.75 Å². The van der Waals surface area contributed by atoms with Crippen LogP contribution in [0.2, 0.25) is 0 Å². The van der Waals surface area contributed by atoms with Gasteiger partial charge in [-0.25, -0.2) is 0 Å². The number of para-hydroxylation sites is 2. The summed E-state index contributed by atoms with van der Waals surface area (Å²) >= 11 is 0. The molecule has 0 aliphatic rings. The van der Waals surface area contributed by atoms with Gasteiger partial charge in [0.1, 0.15) is 5.75 Å². The zero-order valence-electron chi connectivity index (χ0n) is 11.5. The minimum Gasteiger partial charge on any atom is -0.455 e. The van der Waals surface area contributed by atoms with Gasteiger partial charge in [0.25, 0.3) is 0 Å². The minimum atomic E-state index is 0.605. The summed E-state index contributed by atoms with van der Waals surface area (Å²) in [7, 11) is 0. The Bertz CT molecular complexity index is 737. The number of anilines is 2. The summed E-state index contributed by atoms with van der Waals surface area (Å²) in [4.78, 5) is 0. The third kappa shape index (κ3) is 2.82. The van der Waals surface area contributed by atoms with Gasteiger partial charge in [0, 0.05) is 11.3 Å². The van der Waals surface area contributed by atoms with E-state index in [9.17, 15) is 0 Å². The van der Waals surface area contributed by atoms with E-state index in [4.69, 9.17) is 16.2 Å². The van der Waals surface area contributed by atoms with Crippen LogP contribution < -0.4 is 16.2 Å². The van der Waals surface area contributed by atoms with Crippen molar-refractivity contribution in [2.75, 3.05) is 11.5 Å². The third-order valence-corrected chi connectivity index (χ3v) is 3.23. The van der Waals surface area contributed by atoms with Crippen LogP contribution in [-0.4, -0.2) is 0 Å². The molecule has 0 saturated carbocycles. The molecule has 3 aromatic carbocycles. The van der Waals surface area contributed by atoms with Crippen LogP contribution in [-0.2, 0) is 0 Å². The Morgan fingerprint density at radius 2 is 1.38 bits per heavy atom. The zero-order chi connectivity index (χ0) is 14.7. The second-order valence-electron chi connectivity index (χ2n) is 4.76. The van der Waals surface area contributed by atoms with E-state index in [0.717, 1.165) is 22.6 Å². The van der Waals surface area contributed by atoms with Gasteiger partial charge in [-0.05, 0) is 35.9 Å². The van der Waals surface area contributed by atoms with Gasteiger partial charge in [0.05, 0.1) is 5.69 Å². The van der Waals surface area contributed by atoms with E-state index < -0.39 is 0 Å². The Hall–Kier alpha value is -2.94. The Morgan fingerprint density at radius 3 is 2.10 bits per heavy atom. The lowest BCUT2D eigenvalue weighted by molar-refractivity contribution is 0.487. The number of nitrogens with two attached hydrogens (primary N) is 2. The first-order valence-electron chi connectivity index (χ1n) is 6.71. The standard InChI is InChI=1S/C18H16N2O/c19-14-11-9-13(10-12-14)16-7-4-8-17(20)18(16)21-15-5-2-1-3-6-15/h1-12H,19-20H2. The van der Waals surface area contributed by atoms with E-state index in [1.54, 1.807) is 0 Å². The molecule has 0 fully saturated rings. The van der Waals surface area contributed by atoms with Crippen LogP contribution >= 0.6 is 0 Å². The summed E-state index contributed by atoms with van der Waals surface area (Å²) < 4.78 is 5.97. The molecule has 21 heavy (non-hydrogen) atoms. The quantitative estimate of drug-likeness (QED) is 0.701. The van der Waals surface area contributed by atoms with E-state index in [2.05, 4.69) is 0 Å². The lowest BCUT2D eigenvalue weighted by Crippen LogP contribution is -1.95. The second-order valence-corrected chi connectivity index (χ2v) is 4.76. The summed E-state index contributed by atoms with van der Waals surface area (Å²) in [6.07, 6.45) is 0. The Kier molecular flexibility index (Phi) is 3.48. The maximum Gasteiger partial charge on any atom is 0.158 e. The number of hydrogen-bond donors (Lipinski definition) is 2. The molecule has 0 radical (unpaired) electrons. The summed E-state index contributed by atoms with van der Waals surface area (Å²) in [6.45, 7) is 0. The molecule has 0 amide bonds. The molecule has 0 atom stereocenters. The Balaban J connectivity index is 2.05. The fourth-order valence-electron chi connectivity index (χ4n) is 2.17. The molecule has 3 heteroatoms. The molecule has 0 aliphatic carbocycles. The molecule has 104 valence electrons. The van der Waals surface area contributed by atoms with Gasteiger partial charge in [-0.15, -0.1) is 0 Å². The average molecular weight is 276 g/mol. The predicted octanol–water partition coefficient (Wildman–Crippen LogP) is 4.31. The van der Waals surface area contributed by atoms with Gasteiger partial charge in [-0.3, -0.25) is 0 Å². The molecule has 3 nitrogen and oxygen atoms in total. The second kappa shape index (κ2) is 5.59. The molecule has 3 rings (SSSR count). The molecule has 0 unspecified atom stereocenters. The van der Waals surface area contributed by atoms with Crippen molar-refractivity contribution in [1.29, 1.82) is 0 Å². The SMILES string of the molecule is Nc1ccc(-c2cccc(N)c2Oc2ccccc2)cc1. The van der Waals surface area contributed by atoms with Crippen molar-refractivity contribution in [3.05, 3.63) is 72.8 Å². The van der Waals surface area contributed by atoms with Gasteiger partial charge in [0.2, 0.25) is 0 Å². The molecule has 0 saturated heterocycles. The van der Waals surface area contributed by atoms with Crippen LogP contribution in [0.15, 0.2) is 72.8 Å². The predicted molar refractivity (Wildman–Crippen MR) is 87.2 cm³/mol. The highest BCUT2D eigenvalue weighted by Gasteiger charge is 2.10. The molecular weight excluding hydrogens is 260 g/mol. The van der Waals surface area contributed by atoms with Crippen LogP contribution in [0.25, 0.3) is 11.1 Å². The van der Waals surface area contributed by atoms with Gasteiger partial charge >= 0.3 is 0 Å². The smallest absolute Gasteiger partial charge is 0.158 e. The summed E-state index contributed by atoms with van der Waals surface area (Å²) in [6, 6.07) is 23.0.